The fraction of sp³-hybridized carbons (Fsp3) is 0.905. The van der Waals surface area contributed by atoms with Crippen LogP contribution in [0.25, 0.3) is 0 Å². The summed E-state index contributed by atoms with van der Waals surface area (Å²) in [5.74, 6) is 0.141. The number of hydrogen-bond donors (Lipinski definition) is 5. The quantitative estimate of drug-likeness (QED) is 0.194. The van der Waals surface area contributed by atoms with Crippen LogP contribution in [0.1, 0.15) is 52.9 Å². The van der Waals surface area contributed by atoms with E-state index in [1.807, 2.05) is 13.8 Å². The van der Waals surface area contributed by atoms with Crippen molar-refractivity contribution < 1.29 is 24.9 Å². The number of aliphatic hydroxyl groups excluding tert-OH is 3. The molecule has 174 valence electrons. The van der Waals surface area contributed by atoms with Gasteiger partial charge < -0.3 is 30.3 Å². The molecule has 0 bridgehead atoms. The average molecular weight is 446 g/mol. The Bertz CT molecular complexity index is 565. The Hall–Kier alpha value is -0.870. The molecular formula is C21H39N3O5S. The van der Waals surface area contributed by atoms with E-state index in [4.69, 9.17) is 10.1 Å². The third-order valence-electron chi connectivity index (χ3n) is 6.33. The summed E-state index contributed by atoms with van der Waals surface area (Å²) in [6, 6.07) is -0.945. The molecule has 8 atom stereocenters. The molecular weight excluding hydrogens is 406 g/mol. The number of rotatable bonds is 10. The number of unbranched alkanes of at least 4 members (excludes halogenated alkanes) is 2. The maximum absolute atomic E-state index is 13.1. The van der Waals surface area contributed by atoms with Gasteiger partial charge in [0.15, 0.2) is 0 Å². The number of carbonyl (C=O) groups is 1. The van der Waals surface area contributed by atoms with Gasteiger partial charge >= 0.3 is 0 Å². The number of aliphatic hydroxyl groups is 3. The summed E-state index contributed by atoms with van der Waals surface area (Å²) in [5, 5.41) is 41.6. The van der Waals surface area contributed by atoms with Crippen molar-refractivity contribution in [3.63, 3.8) is 0 Å². The topological polar surface area (TPSA) is 126 Å². The number of hydrogen-bond acceptors (Lipinski definition) is 7. The van der Waals surface area contributed by atoms with Crippen molar-refractivity contribution >= 4 is 24.0 Å². The van der Waals surface area contributed by atoms with E-state index in [2.05, 4.69) is 12.2 Å². The number of nitrogens with zero attached hydrogens (tertiary/aromatic N) is 1. The lowest BCUT2D eigenvalue weighted by Gasteiger charge is -2.44. The summed E-state index contributed by atoms with van der Waals surface area (Å²) in [4.78, 5) is 14.9. The lowest BCUT2D eigenvalue weighted by atomic mass is 9.88. The minimum absolute atomic E-state index is 0.0614. The molecule has 2 fully saturated rings. The Balaban J connectivity index is 2.08. The fourth-order valence-electron chi connectivity index (χ4n) is 4.50. The van der Waals surface area contributed by atoms with Crippen molar-refractivity contribution in [2.24, 2.45) is 11.8 Å². The highest BCUT2D eigenvalue weighted by Gasteiger charge is 2.48. The minimum atomic E-state index is -1.34. The van der Waals surface area contributed by atoms with Gasteiger partial charge in [0.2, 0.25) is 5.91 Å². The molecule has 8 nitrogen and oxygen atoms in total. The van der Waals surface area contributed by atoms with Gasteiger partial charge in [0.25, 0.3) is 0 Å². The van der Waals surface area contributed by atoms with Crippen molar-refractivity contribution in [1.82, 2.24) is 10.2 Å². The van der Waals surface area contributed by atoms with E-state index in [0.29, 0.717) is 18.9 Å². The SMILES string of the molecule is CCCCCC1CC(C(=O)NC(C(C)C)C2OC(SC)C(O)C(O)C2O)N(C=N)C1. The Labute approximate surface area is 184 Å². The van der Waals surface area contributed by atoms with E-state index in [1.165, 1.54) is 24.5 Å². The van der Waals surface area contributed by atoms with E-state index in [0.717, 1.165) is 19.3 Å². The van der Waals surface area contributed by atoms with E-state index in [-0.39, 0.29) is 11.8 Å². The molecule has 2 heterocycles. The van der Waals surface area contributed by atoms with Gasteiger partial charge in [0.1, 0.15) is 35.9 Å². The summed E-state index contributed by atoms with van der Waals surface area (Å²) in [6.07, 6.45) is 3.56. The van der Waals surface area contributed by atoms with E-state index < -0.39 is 41.9 Å². The van der Waals surface area contributed by atoms with Crippen LogP contribution < -0.4 is 5.32 Å². The molecule has 0 aromatic heterocycles. The number of likely N-dealkylation sites (tertiary alicyclic amines) is 1. The van der Waals surface area contributed by atoms with Crippen molar-refractivity contribution in [3.8, 4) is 0 Å². The molecule has 0 spiro atoms. The van der Waals surface area contributed by atoms with Crippen molar-refractivity contribution in [3.05, 3.63) is 0 Å². The number of carbonyl (C=O) groups excluding carboxylic acids is 1. The van der Waals surface area contributed by atoms with Crippen LogP contribution in [0.3, 0.4) is 0 Å². The van der Waals surface area contributed by atoms with Crippen LogP contribution in [0.15, 0.2) is 0 Å². The molecule has 1 amide bonds. The highest BCUT2D eigenvalue weighted by Crippen LogP contribution is 2.31. The first-order valence-corrected chi connectivity index (χ1v) is 12.3. The first kappa shape index (κ1) is 25.4. The van der Waals surface area contributed by atoms with Gasteiger partial charge in [-0.15, -0.1) is 11.8 Å². The van der Waals surface area contributed by atoms with Gasteiger partial charge in [0, 0.05) is 6.54 Å². The van der Waals surface area contributed by atoms with Crippen molar-refractivity contribution in [2.75, 3.05) is 12.8 Å². The summed E-state index contributed by atoms with van der Waals surface area (Å²) in [5.41, 5.74) is -0.681. The first-order chi connectivity index (χ1) is 14.2. The van der Waals surface area contributed by atoms with Gasteiger partial charge in [-0.2, -0.15) is 0 Å². The van der Waals surface area contributed by atoms with Crippen LogP contribution in [-0.4, -0.2) is 87.2 Å². The van der Waals surface area contributed by atoms with Gasteiger partial charge in [0.05, 0.1) is 12.4 Å². The Morgan fingerprint density at radius 1 is 1.27 bits per heavy atom. The highest BCUT2D eigenvalue weighted by molar-refractivity contribution is 7.99. The van der Waals surface area contributed by atoms with Crippen LogP contribution in [0, 0.1) is 17.2 Å². The summed E-state index contributed by atoms with van der Waals surface area (Å²) < 4.78 is 5.89. The second kappa shape index (κ2) is 11.7. The van der Waals surface area contributed by atoms with E-state index in [1.54, 1.807) is 11.2 Å². The molecule has 0 aromatic carbocycles. The van der Waals surface area contributed by atoms with Crippen LogP contribution in [0.2, 0.25) is 0 Å². The van der Waals surface area contributed by atoms with E-state index >= 15 is 0 Å². The zero-order chi connectivity index (χ0) is 22.4. The lowest BCUT2D eigenvalue weighted by Crippen LogP contribution is -2.64. The molecule has 30 heavy (non-hydrogen) atoms. The molecule has 0 aliphatic carbocycles. The smallest absolute Gasteiger partial charge is 0.243 e. The van der Waals surface area contributed by atoms with E-state index in [9.17, 15) is 20.1 Å². The lowest BCUT2D eigenvalue weighted by molar-refractivity contribution is -0.208. The predicted octanol–water partition coefficient (Wildman–Crippen LogP) is 1.18. The molecule has 0 radical (unpaired) electrons. The van der Waals surface area contributed by atoms with Gasteiger partial charge in [-0.3, -0.25) is 10.2 Å². The van der Waals surface area contributed by atoms with Crippen molar-refractivity contribution in [1.29, 1.82) is 5.41 Å². The molecule has 0 saturated carbocycles. The Morgan fingerprint density at radius 2 is 1.97 bits per heavy atom. The van der Waals surface area contributed by atoms with Gasteiger partial charge in [-0.05, 0) is 30.9 Å². The van der Waals surface area contributed by atoms with Crippen LogP contribution in [0.4, 0.5) is 0 Å². The molecule has 8 unspecified atom stereocenters. The number of ether oxygens (including phenoxy) is 1. The highest BCUT2D eigenvalue weighted by atomic mass is 32.2. The summed E-state index contributed by atoms with van der Waals surface area (Å²) in [7, 11) is 0. The molecule has 9 heteroatoms. The Morgan fingerprint density at radius 3 is 2.53 bits per heavy atom. The number of amides is 1. The number of thioether (sulfide) groups is 1. The van der Waals surface area contributed by atoms with Crippen LogP contribution in [-0.2, 0) is 9.53 Å². The monoisotopic (exact) mass is 445 g/mol. The minimum Gasteiger partial charge on any atom is -0.388 e. The maximum Gasteiger partial charge on any atom is 0.243 e. The fourth-order valence-corrected chi connectivity index (χ4v) is 5.18. The molecule has 0 aromatic rings. The van der Waals surface area contributed by atoms with Gasteiger partial charge in [-0.1, -0.05) is 40.0 Å². The molecule has 2 aliphatic heterocycles. The third-order valence-corrected chi connectivity index (χ3v) is 7.18. The standard InChI is InChI=1S/C21H39N3O5S/c1-5-6-7-8-13-9-14(24(10-13)11-22)20(28)23-15(12(2)3)19-17(26)16(25)18(27)21(29-19)30-4/h11-19,21-22,25-27H,5-10H2,1-4H3,(H,23,28). The third kappa shape index (κ3) is 5.88. The molecule has 5 N–H and O–H groups in total. The first-order valence-electron chi connectivity index (χ1n) is 11.0. The largest absolute Gasteiger partial charge is 0.388 e. The second-order valence-corrected chi connectivity index (χ2v) is 9.83. The average Bonchev–Trinajstić information content (AvgIpc) is 3.14. The summed E-state index contributed by atoms with van der Waals surface area (Å²) in [6.45, 7) is 6.71. The van der Waals surface area contributed by atoms with Crippen LogP contribution >= 0.6 is 11.8 Å². The zero-order valence-corrected chi connectivity index (χ0v) is 19.3. The second-order valence-electron chi connectivity index (χ2n) is 8.89. The molecule has 2 saturated heterocycles. The normalized spacial score (nSPS) is 35.5. The van der Waals surface area contributed by atoms with Crippen LogP contribution in [0.5, 0.6) is 0 Å². The van der Waals surface area contributed by atoms with Gasteiger partial charge in [-0.25, -0.2) is 0 Å². The molecule has 2 aliphatic rings. The molecule has 2 rings (SSSR count). The number of nitrogens with one attached hydrogen (secondary N) is 2. The Kier molecular flexibility index (Phi) is 9.87. The summed E-state index contributed by atoms with van der Waals surface area (Å²) >= 11 is 1.26. The zero-order valence-electron chi connectivity index (χ0n) is 18.5. The maximum atomic E-state index is 13.1. The van der Waals surface area contributed by atoms with Crippen molar-refractivity contribution in [2.45, 2.75) is 94.8 Å². The predicted molar refractivity (Wildman–Crippen MR) is 118 cm³/mol.